The summed E-state index contributed by atoms with van der Waals surface area (Å²) in [4.78, 5) is 26.3. The Morgan fingerprint density at radius 3 is 2.58 bits per heavy atom. The van der Waals surface area contributed by atoms with Crippen LogP contribution in [-0.2, 0) is 16.0 Å². The highest BCUT2D eigenvalue weighted by atomic mass is 16.5. The number of para-hydroxylation sites is 2. The molecule has 0 fully saturated rings. The SMILES string of the molecule is CNC(=O)[C@H]1CN(C(=O)CCc2ccccc2)c2ccccc2O1. The Kier molecular flexibility index (Phi) is 4.79. The molecule has 0 bridgehead atoms. The summed E-state index contributed by atoms with van der Waals surface area (Å²) < 4.78 is 5.72. The largest absolute Gasteiger partial charge is 0.477 e. The summed E-state index contributed by atoms with van der Waals surface area (Å²) in [5.74, 6) is 0.319. The number of aryl methyl sites for hydroxylation is 1. The third-order valence-corrected chi connectivity index (χ3v) is 4.08. The number of carbonyl (C=O) groups excluding carboxylic acids is 2. The first-order chi connectivity index (χ1) is 11.7. The number of fused-ring (bicyclic) bond motifs is 1. The Morgan fingerprint density at radius 2 is 1.83 bits per heavy atom. The number of nitrogens with zero attached hydrogens (tertiary/aromatic N) is 1. The van der Waals surface area contributed by atoms with Gasteiger partial charge in [-0.1, -0.05) is 42.5 Å². The zero-order valence-corrected chi connectivity index (χ0v) is 13.6. The van der Waals surface area contributed by atoms with Gasteiger partial charge in [0.25, 0.3) is 5.91 Å². The second-order valence-electron chi connectivity index (χ2n) is 5.68. The van der Waals surface area contributed by atoms with Crippen molar-refractivity contribution in [3.63, 3.8) is 0 Å². The van der Waals surface area contributed by atoms with Crippen LogP contribution in [0.4, 0.5) is 5.69 Å². The van der Waals surface area contributed by atoms with E-state index in [1.165, 1.54) is 0 Å². The Morgan fingerprint density at radius 1 is 1.12 bits per heavy atom. The standard InChI is InChI=1S/C19H20N2O3/c1-20-19(23)17-13-21(15-9-5-6-10-16(15)24-17)18(22)12-11-14-7-3-2-4-8-14/h2-10,17H,11-13H2,1H3,(H,20,23)/t17-/m1/s1. The van der Waals surface area contributed by atoms with Crippen molar-refractivity contribution >= 4 is 17.5 Å². The van der Waals surface area contributed by atoms with E-state index < -0.39 is 6.10 Å². The van der Waals surface area contributed by atoms with Crippen molar-refractivity contribution in [3.05, 3.63) is 60.2 Å². The van der Waals surface area contributed by atoms with Gasteiger partial charge < -0.3 is 15.0 Å². The smallest absolute Gasteiger partial charge is 0.262 e. The number of ether oxygens (including phenoxy) is 1. The van der Waals surface area contributed by atoms with E-state index in [9.17, 15) is 9.59 Å². The van der Waals surface area contributed by atoms with Crippen LogP contribution in [0.5, 0.6) is 5.75 Å². The Hall–Kier alpha value is -2.82. The Labute approximate surface area is 141 Å². The van der Waals surface area contributed by atoms with Crippen molar-refractivity contribution in [2.24, 2.45) is 0 Å². The molecule has 0 saturated carbocycles. The Balaban J connectivity index is 1.77. The van der Waals surface area contributed by atoms with Gasteiger partial charge in [-0.15, -0.1) is 0 Å². The quantitative estimate of drug-likeness (QED) is 0.937. The molecule has 124 valence electrons. The summed E-state index contributed by atoms with van der Waals surface area (Å²) in [6.45, 7) is 0.226. The minimum Gasteiger partial charge on any atom is -0.477 e. The van der Waals surface area contributed by atoms with E-state index in [4.69, 9.17) is 4.74 Å². The van der Waals surface area contributed by atoms with E-state index in [-0.39, 0.29) is 18.4 Å². The van der Waals surface area contributed by atoms with Gasteiger partial charge in [-0.25, -0.2) is 0 Å². The molecule has 24 heavy (non-hydrogen) atoms. The fraction of sp³-hybridized carbons (Fsp3) is 0.263. The molecule has 0 aromatic heterocycles. The average Bonchev–Trinajstić information content (AvgIpc) is 2.65. The minimum absolute atomic E-state index is 0.0106. The number of amides is 2. The molecule has 0 saturated heterocycles. The summed E-state index contributed by atoms with van der Waals surface area (Å²) in [5.41, 5.74) is 1.84. The topological polar surface area (TPSA) is 58.6 Å². The van der Waals surface area contributed by atoms with Crippen molar-refractivity contribution in [2.45, 2.75) is 18.9 Å². The summed E-state index contributed by atoms with van der Waals surface area (Å²) in [6, 6.07) is 17.2. The Bertz CT molecular complexity index is 730. The maximum absolute atomic E-state index is 12.7. The van der Waals surface area contributed by atoms with Crippen molar-refractivity contribution in [1.29, 1.82) is 0 Å². The van der Waals surface area contributed by atoms with E-state index >= 15 is 0 Å². The molecule has 1 N–H and O–H groups in total. The number of anilines is 1. The molecule has 1 aliphatic rings. The van der Waals surface area contributed by atoms with Gasteiger partial charge >= 0.3 is 0 Å². The highest BCUT2D eigenvalue weighted by Gasteiger charge is 2.32. The van der Waals surface area contributed by atoms with Crippen LogP contribution in [0, 0.1) is 0 Å². The molecule has 2 aromatic rings. The van der Waals surface area contributed by atoms with Crippen LogP contribution < -0.4 is 15.0 Å². The predicted octanol–water partition coefficient (Wildman–Crippen LogP) is 2.16. The number of hydrogen-bond acceptors (Lipinski definition) is 3. The van der Waals surface area contributed by atoms with E-state index in [0.717, 1.165) is 11.3 Å². The van der Waals surface area contributed by atoms with Crippen LogP contribution in [0.25, 0.3) is 0 Å². The molecule has 5 heteroatoms. The molecule has 0 spiro atoms. The van der Waals surface area contributed by atoms with Gasteiger partial charge in [-0.3, -0.25) is 9.59 Å². The van der Waals surface area contributed by atoms with Crippen molar-refractivity contribution in [3.8, 4) is 5.75 Å². The molecular weight excluding hydrogens is 304 g/mol. The lowest BCUT2D eigenvalue weighted by Crippen LogP contribution is -2.50. The van der Waals surface area contributed by atoms with Gasteiger partial charge in [0, 0.05) is 13.5 Å². The van der Waals surface area contributed by atoms with Crippen LogP contribution in [0.15, 0.2) is 54.6 Å². The molecule has 0 unspecified atom stereocenters. The molecule has 1 aliphatic heterocycles. The first-order valence-corrected chi connectivity index (χ1v) is 8.00. The fourth-order valence-corrected chi connectivity index (χ4v) is 2.80. The third kappa shape index (κ3) is 3.40. The van der Waals surface area contributed by atoms with Gasteiger partial charge in [-0.2, -0.15) is 0 Å². The number of hydrogen-bond donors (Lipinski definition) is 1. The maximum atomic E-state index is 12.7. The van der Waals surface area contributed by atoms with Crippen LogP contribution >= 0.6 is 0 Å². The molecule has 0 aliphatic carbocycles. The summed E-state index contributed by atoms with van der Waals surface area (Å²) in [5, 5.41) is 2.58. The van der Waals surface area contributed by atoms with E-state index in [1.54, 1.807) is 18.0 Å². The molecule has 0 radical (unpaired) electrons. The average molecular weight is 324 g/mol. The lowest BCUT2D eigenvalue weighted by molar-refractivity contribution is -0.127. The van der Waals surface area contributed by atoms with E-state index in [1.807, 2.05) is 48.5 Å². The van der Waals surface area contributed by atoms with Crippen LogP contribution in [-0.4, -0.2) is 31.5 Å². The summed E-state index contributed by atoms with van der Waals surface area (Å²) >= 11 is 0. The first kappa shape index (κ1) is 16.1. The lowest BCUT2D eigenvalue weighted by Gasteiger charge is -2.34. The zero-order chi connectivity index (χ0) is 16.9. The molecule has 1 atom stereocenters. The molecular formula is C19H20N2O3. The summed E-state index contributed by atoms with van der Waals surface area (Å²) in [7, 11) is 1.56. The first-order valence-electron chi connectivity index (χ1n) is 8.00. The third-order valence-electron chi connectivity index (χ3n) is 4.08. The second-order valence-corrected chi connectivity index (χ2v) is 5.68. The van der Waals surface area contributed by atoms with Crippen LogP contribution in [0.3, 0.4) is 0 Å². The van der Waals surface area contributed by atoms with Crippen molar-refractivity contribution in [1.82, 2.24) is 5.32 Å². The van der Waals surface area contributed by atoms with Crippen molar-refractivity contribution in [2.75, 3.05) is 18.5 Å². The number of carbonyl (C=O) groups is 2. The number of rotatable bonds is 4. The van der Waals surface area contributed by atoms with E-state index in [0.29, 0.717) is 18.6 Å². The molecule has 2 aromatic carbocycles. The fourth-order valence-electron chi connectivity index (χ4n) is 2.80. The van der Waals surface area contributed by atoms with Crippen molar-refractivity contribution < 1.29 is 14.3 Å². The number of nitrogens with one attached hydrogen (secondary N) is 1. The van der Waals surface area contributed by atoms with Gasteiger partial charge in [0.15, 0.2) is 6.10 Å². The van der Waals surface area contributed by atoms with Gasteiger partial charge in [0.05, 0.1) is 12.2 Å². The number of benzene rings is 2. The zero-order valence-electron chi connectivity index (χ0n) is 13.6. The maximum Gasteiger partial charge on any atom is 0.262 e. The highest BCUT2D eigenvalue weighted by Crippen LogP contribution is 2.33. The minimum atomic E-state index is -0.689. The van der Waals surface area contributed by atoms with Gasteiger partial charge in [0.2, 0.25) is 5.91 Å². The van der Waals surface area contributed by atoms with Gasteiger partial charge in [-0.05, 0) is 24.1 Å². The number of likely N-dealkylation sites (N-methyl/N-ethyl adjacent to an activating group) is 1. The predicted molar refractivity (Wildman–Crippen MR) is 92.0 cm³/mol. The van der Waals surface area contributed by atoms with Crippen LogP contribution in [0.2, 0.25) is 0 Å². The van der Waals surface area contributed by atoms with Crippen LogP contribution in [0.1, 0.15) is 12.0 Å². The normalized spacial score (nSPS) is 16.0. The molecule has 2 amide bonds. The summed E-state index contributed by atoms with van der Waals surface area (Å²) in [6.07, 6.45) is 0.369. The molecule has 5 nitrogen and oxygen atoms in total. The second kappa shape index (κ2) is 7.17. The lowest BCUT2D eigenvalue weighted by atomic mass is 10.1. The molecule has 1 heterocycles. The van der Waals surface area contributed by atoms with Gasteiger partial charge in [0.1, 0.15) is 5.75 Å². The molecule has 3 rings (SSSR count). The highest BCUT2D eigenvalue weighted by molar-refractivity contribution is 5.97. The van der Waals surface area contributed by atoms with E-state index in [2.05, 4.69) is 5.32 Å². The monoisotopic (exact) mass is 324 g/mol.